The zero-order valence-electron chi connectivity index (χ0n) is 11.1. The van der Waals surface area contributed by atoms with E-state index in [1.807, 2.05) is 13.0 Å². The van der Waals surface area contributed by atoms with Gasteiger partial charge in [0.05, 0.1) is 18.9 Å². The second kappa shape index (κ2) is 5.70. The number of aryl methyl sites for hydroxylation is 1. The van der Waals surface area contributed by atoms with Gasteiger partial charge in [-0.25, -0.2) is 0 Å². The minimum atomic E-state index is -0.301. The Morgan fingerprint density at radius 3 is 2.90 bits per heavy atom. The van der Waals surface area contributed by atoms with E-state index in [0.29, 0.717) is 22.7 Å². The van der Waals surface area contributed by atoms with E-state index in [-0.39, 0.29) is 10.9 Å². The predicted molar refractivity (Wildman–Crippen MR) is 80.2 cm³/mol. The minimum absolute atomic E-state index is 0.163. The molecule has 2 aromatic rings. The highest BCUT2D eigenvalue weighted by atomic mass is 32.1. The van der Waals surface area contributed by atoms with E-state index >= 15 is 0 Å². The Hall–Kier alpha value is -2.41. The van der Waals surface area contributed by atoms with E-state index in [4.69, 9.17) is 22.7 Å². The smallest absolute Gasteiger partial charge is 0.256 e. The molecule has 0 aliphatic heterocycles. The molecule has 6 nitrogen and oxygen atoms in total. The Bertz CT molecular complexity index is 666. The van der Waals surface area contributed by atoms with E-state index in [0.717, 1.165) is 5.56 Å². The lowest BCUT2D eigenvalue weighted by atomic mass is 10.1. The molecule has 0 aliphatic carbocycles. The molecule has 20 heavy (non-hydrogen) atoms. The van der Waals surface area contributed by atoms with Crippen molar-refractivity contribution >= 4 is 28.9 Å². The number of H-pyrrole nitrogens is 1. The molecular formula is C13H14N4O2S. The molecule has 1 aromatic heterocycles. The molecule has 0 saturated heterocycles. The fraction of sp³-hybridized carbons (Fsp3) is 0.154. The molecule has 1 aromatic carbocycles. The van der Waals surface area contributed by atoms with Crippen molar-refractivity contribution in [3.8, 4) is 5.75 Å². The minimum Gasteiger partial charge on any atom is -0.496 e. The Morgan fingerprint density at radius 1 is 1.50 bits per heavy atom. The fourth-order valence-electron chi connectivity index (χ4n) is 1.72. The summed E-state index contributed by atoms with van der Waals surface area (Å²) in [4.78, 5) is 12.3. The highest BCUT2D eigenvalue weighted by Crippen LogP contribution is 2.20. The van der Waals surface area contributed by atoms with Crippen LogP contribution in [0.3, 0.4) is 0 Å². The van der Waals surface area contributed by atoms with Crippen molar-refractivity contribution in [1.29, 1.82) is 0 Å². The number of rotatable bonds is 4. The lowest BCUT2D eigenvalue weighted by Gasteiger charge is -2.08. The van der Waals surface area contributed by atoms with E-state index in [9.17, 15) is 4.79 Å². The Balaban J connectivity index is 2.24. The number of benzene rings is 1. The number of anilines is 1. The number of methoxy groups -OCH3 is 1. The standard InChI is InChI=1S/C13H14N4O2S/c1-7-3-4-8(5-10(7)19-2)13(18)16-12-9(11(14)20)6-15-17-12/h3-6H,1-2H3,(H2,14,20)(H2,15,16,17,18). The molecule has 0 fully saturated rings. The lowest BCUT2D eigenvalue weighted by molar-refractivity contribution is 0.102. The van der Waals surface area contributed by atoms with Crippen LogP contribution < -0.4 is 15.8 Å². The maximum Gasteiger partial charge on any atom is 0.256 e. The van der Waals surface area contributed by atoms with Crippen LogP contribution in [0.4, 0.5) is 5.82 Å². The van der Waals surface area contributed by atoms with Gasteiger partial charge in [0.15, 0.2) is 0 Å². The summed E-state index contributed by atoms with van der Waals surface area (Å²) in [6.45, 7) is 1.90. The normalized spacial score (nSPS) is 10.1. The molecule has 0 aliphatic rings. The zero-order valence-corrected chi connectivity index (χ0v) is 11.9. The predicted octanol–water partition coefficient (Wildman–Crippen LogP) is 1.61. The molecular weight excluding hydrogens is 276 g/mol. The summed E-state index contributed by atoms with van der Waals surface area (Å²) in [5, 5.41) is 9.13. The molecule has 0 bridgehead atoms. The number of hydrogen-bond donors (Lipinski definition) is 3. The summed E-state index contributed by atoms with van der Waals surface area (Å²) in [6, 6.07) is 5.20. The summed E-state index contributed by atoms with van der Waals surface area (Å²) >= 11 is 4.88. The van der Waals surface area contributed by atoms with Crippen molar-refractivity contribution in [2.24, 2.45) is 5.73 Å². The number of carbonyl (C=O) groups excluding carboxylic acids is 1. The summed E-state index contributed by atoms with van der Waals surface area (Å²) in [5.74, 6) is 0.726. The van der Waals surface area contributed by atoms with Crippen LogP contribution in [-0.4, -0.2) is 28.2 Å². The Morgan fingerprint density at radius 2 is 2.25 bits per heavy atom. The van der Waals surface area contributed by atoms with Crippen LogP contribution in [0.25, 0.3) is 0 Å². The topological polar surface area (TPSA) is 93.0 Å². The van der Waals surface area contributed by atoms with Gasteiger partial charge in [-0.1, -0.05) is 18.3 Å². The van der Waals surface area contributed by atoms with Gasteiger partial charge in [-0.15, -0.1) is 0 Å². The molecule has 0 unspecified atom stereocenters. The van der Waals surface area contributed by atoms with E-state index in [2.05, 4.69) is 15.5 Å². The second-order valence-electron chi connectivity index (χ2n) is 4.16. The van der Waals surface area contributed by atoms with Crippen molar-refractivity contribution in [3.05, 3.63) is 41.1 Å². The third-order valence-electron chi connectivity index (χ3n) is 2.81. The highest BCUT2D eigenvalue weighted by Gasteiger charge is 2.13. The number of nitrogens with zero attached hydrogens (tertiary/aromatic N) is 1. The number of carbonyl (C=O) groups is 1. The van der Waals surface area contributed by atoms with Crippen LogP contribution >= 0.6 is 12.2 Å². The number of ether oxygens (including phenoxy) is 1. The number of aromatic amines is 1. The zero-order chi connectivity index (χ0) is 14.7. The molecule has 0 spiro atoms. The van der Waals surface area contributed by atoms with E-state index in [1.54, 1.807) is 19.2 Å². The SMILES string of the molecule is COc1cc(C(=O)Nc2[nH]ncc2C(N)=S)ccc1C. The maximum atomic E-state index is 12.2. The number of nitrogens with one attached hydrogen (secondary N) is 2. The largest absolute Gasteiger partial charge is 0.496 e. The molecule has 0 saturated carbocycles. The lowest BCUT2D eigenvalue weighted by Crippen LogP contribution is -2.17. The number of nitrogens with two attached hydrogens (primary N) is 1. The molecule has 4 N–H and O–H groups in total. The first-order valence-corrected chi connectivity index (χ1v) is 6.23. The maximum absolute atomic E-state index is 12.2. The molecule has 2 rings (SSSR count). The number of hydrogen-bond acceptors (Lipinski definition) is 4. The van der Waals surface area contributed by atoms with E-state index in [1.165, 1.54) is 6.20 Å². The van der Waals surface area contributed by atoms with Gasteiger partial charge in [-0.2, -0.15) is 5.10 Å². The van der Waals surface area contributed by atoms with Crippen molar-refractivity contribution in [2.75, 3.05) is 12.4 Å². The fourth-order valence-corrected chi connectivity index (χ4v) is 1.87. The van der Waals surface area contributed by atoms with Gasteiger partial charge in [0.2, 0.25) is 0 Å². The van der Waals surface area contributed by atoms with Gasteiger partial charge in [-0.05, 0) is 24.6 Å². The second-order valence-corrected chi connectivity index (χ2v) is 4.60. The van der Waals surface area contributed by atoms with Gasteiger partial charge >= 0.3 is 0 Å². The van der Waals surface area contributed by atoms with Gasteiger partial charge in [-0.3, -0.25) is 9.89 Å². The van der Waals surface area contributed by atoms with Crippen LogP contribution in [-0.2, 0) is 0 Å². The number of amides is 1. The summed E-state index contributed by atoms with van der Waals surface area (Å²) in [6.07, 6.45) is 1.47. The third-order valence-corrected chi connectivity index (χ3v) is 3.03. The quantitative estimate of drug-likeness (QED) is 0.744. The monoisotopic (exact) mass is 290 g/mol. The van der Waals surface area contributed by atoms with Crippen LogP contribution in [0.15, 0.2) is 24.4 Å². The summed E-state index contributed by atoms with van der Waals surface area (Å²) in [7, 11) is 1.56. The molecule has 1 heterocycles. The van der Waals surface area contributed by atoms with E-state index < -0.39 is 0 Å². The molecule has 0 radical (unpaired) electrons. The van der Waals surface area contributed by atoms with Crippen LogP contribution in [0, 0.1) is 6.92 Å². The Labute approximate surface area is 121 Å². The van der Waals surface area contributed by atoms with Crippen molar-refractivity contribution < 1.29 is 9.53 Å². The van der Waals surface area contributed by atoms with Crippen molar-refractivity contribution in [3.63, 3.8) is 0 Å². The molecule has 1 amide bonds. The Kier molecular flexibility index (Phi) is 3.99. The van der Waals surface area contributed by atoms with Gasteiger partial charge in [0.25, 0.3) is 5.91 Å². The molecule has 104 valence electrons. The summed E-state index contributed by atoms with van der Waals surface area (Å²) < 4.78 is 5.19. The van der Waals surface area contributed by atoms with Crippen LogP contribution in [0.5, 0.6) is 5.75 Å². The van der Waals surface area contributed by atoms with Gasteiger partial charge in [0.1, 0.15) is 16.6 Å². The summed E-state index contributed by atoms with van der Waals surface area (Å²) in [5.41, 5.74) is 7.45. The number of thiocarbonyl (C=S) groups is 1. The van der Waals surface area contributed by atoms with Crippen LogP contribution in [0.1, 0.15) is 21.5 Å². The van der Waals surface area contributed by atoms with Gasteiger partial charge in [0, 0.05) is 5.56 Å². The van der Waals surface area contributed by atoms with Crippen molar-refractivity contribution in [1.82, 2.24) is 10.2 Å². The van der Waals surface area contributed by atoms with Crippen molar-refractivity contribution in [2.45, 2.75) is 6.92 Å². The average Bonchev–Trinajstić information content (AvgIpc) is 2.87. The van der Waals surface area contributed by atoms with Gasteiger partial charge < -0.3 is 15.8 Å². The number of aromatic nitrogens is 2. The third kappa shape index (κ3) is 2.77. The van der Waals surface area contributed by atoms with Crippen LogP contribution in [0.2, 0.25) is 0 Å². The first kappa shape index (κ1) is 14.0. The molecule has 7 heteroatoms. The molecule has 0 atom stereocenters. The average molecular weight is 290 g/mol. The first-order valence-electron chi connectivity index (χ1n) is 5.82. The highest BCUT2D eigenvalue weighted by molar-refractivity contribution is 7.80. The first-order chi connectivity index (χ1) is 9.52.